The summed E-state index contributed by atoms with van der Waals surface area (Å²) in [5.74, 6) is 0.596. The number of hydrogen-bond donors (Lipinski definition) is 0. The first kappa shape index (κ1) is 11.1. The van der Waals surface area contributed by atoms with Crippen LogP contribution < -0.4 is 4.74 Å². The van der Waals surface area contributed by atoms with Crippen LogP contribution in [0.4, 0.5) is 0 Å². The van der Waals surface area contributed by atoms with E-state index in [9.17, 15) is 4.79 Å². The van der Waals surface area contributed by atoms with E-state index < -0.39 is 5.41 Å². The molecule has 0 fully saturated rings. The molecule has 0 heterocycles. The minimum Gasteiger partial charge on any atom is -0.495 e. The highest BCUT2D eigenvalue weighted by atomic mass is 35.5. The molecule has 3 heteroatoms. The van der Waals surface area contributed by atoms with Crippen molar-refractivity contribution >= 4 is 17.9 Å². The second-order valence-corrected chi connectivity index (χ2v) is 4.10. The third-order valence-electron chi connectivity index (χ3n) is 2.19. The maximum Gasteiger partial charge on any atom is 0.137 e. The van der Waals surface area contributed by atoms with E-state index >= 15 is 0 Å². The number of methoxy groups -OCH3 is 1. The first-order chi connectivity index (χ1) is 6.51. The fourth-order valence-electron chi connectivity index (χ4n) is 1.13. The predicted octanol–water partition coefficient (Wildman–Crippen LogP) is 2.83. The van der Waals surface area contributed by atoms with E-state index in [1.807, 2.05) is 19.9 Å². The van der Waals surface area contributed by atoms with Gasteiger partial charge in [-0.15, -0.1) is 0 Å². The molecule has 0 N–H and O–H groups in total. The van der Waals surface area contributed by atoms with E-state index in [2.05, 4.69) is 0 Å². The topological polar surface area (TPSA) is 26.3 Å². The number of hydrogen-bond acceptors (Lipinski definition) is 2. The molecule has 0 aliphatic heterocycles. The Morgan fingerprint density at radius 1 is 1.43 bits per heavy atom. The minimum atomic E-state index is -0.502. The van der Waals surface area contributed by atoms with Crippen LogP contribution in [0.15, 0.2) is 18.2 Å². The second-order valence-electron chi connectivity index (χ2n) is 3.69. The summed E-state index contributed by atoms with van der Waals surface area (Å²) in [6.07, 6.45) is 0.912. The lowest BCUT2D eigenvalue weighted by Crippen LogP contribution is -2.18. The monoisotopic (exact) mass is 212 g/mol. The van der Waals surface area contributed by atoms with E-state index in [1.165, 1.54) is 0 Å². The number of aldehydes is 1. The molecule has 76 valence electrons. The van der Waals surface area contributed by atoms with E-state index in [-0.39, 0.29) is 0 Å². The van der Waals surface area contributed by atoms with Crippen LogP contribution in [0.5, 0.6) is 5.75 Å². The van der Waals surface area contributed by atoms with Gasteiger partial charge in [-0.25, -0.2) is 0 Å². The summed E-state index contributed by atoms with van der Waals surface area (Å²) in [6, 6.07) is 5.36. The van der Waals surface area contributed by atoms with Gasteiger partial charge in [0.2, 0.25) is 0 Å². The van der Waals surface area contributed by atoms with Crippen LogP contribution in [0, 0.1) is 0 Å². The van der Waals surface area contributed by atoms with Crippen molar-refractivity contribution in [2.75, 3.05) is 7.11 Å². The maximum absolute atomic E-state index is 10.8. The number of benzene rings is 1. The average molecular weight is 213 g/mol. The predicted molar refractivity (Wildman–Crippen MR) is 57.1 cm³/mol. The number of carbonyl (C=O) groups is 1. The molecule has 0 spiro atoms. The Hall–Kier alpha value is -1.02. The molecule has 0 radical (unpaired) electrons. The Kier molecular flexibility index (Phi) is 3.17. The first-order valence-corrected chi connectivity index (χ1v) is 4.69. The largest absolute Gasteiger partial charge is 0.495 e. The summed E-state index contributed by atoms with van der Waals surface area (Å²) in [5, 5.41) is 0.554. The highest BCUT2D eigenvalue weighted by molar-refractivity contribution is 6.32. The van der Waals surface area contributed by atoms with Gasteiger partial charge in [-0.2, -0.15) is 0 Å². The molecule has 0 aliphatic carbocycles. The summed E-state index contributed by atoms with van der Waals surface area (Å²) >= 11 is 5.88. The Morgan fingerprint density at radius 3 is 2.57 bits per heavy atom. The fraction of sp³-hybridized carbons (Fsp3) is 0.364. The van der Waals surface area contributed by atoms with Crippen molar-refractivity contribution in [3.8, 4) is 5.75 Å². The minimum absolute atomic E-state index is 0.502. The van der Waals surface area contributed by atoms with Gasteiger partial charge in [0, 0.05) is 5.41 Å². The summed E-state index contributed by atoms with van der Waals surface area (Å²) in [5.41, 5.74) is 0.395. The summed E-state index contributed by atoms with van der Waals surface area (Å²) in [7, 11) is 1.55. The fourth-order valence-corrected chi connectivity index (χ4v) is 1.32. The molecular formula is C11H13ClO2. The van der Waals surface area contributed by atoms with Gasteiger partial charge < -0.3 is 9.53 Å². The van der Waals surface area contributed by atoms with Gasteiger partial charge >= 0.3 is 0 Å². The zero-order valence-electron chi connectivity index (χ0n) is 8.50. The molecule has 14 heavy (non-hydrogen) atoms. The van der Waals surface area contributed by atoms with Gasteiger partial charge in [0.1, 0.15) is 12.0 Å². The summed E-state index contributed by atoms with van der Waals surface area (Å²) in [6.45, 7) is 3.70. The van der Waals surface area contributed by atoms with Crippen LogP contribution in [0.3, 0.4) is 0 Å². The second kappa shape index (κ2) is 4.01. The average Bonchev–Trinajstić information content (AvgIpc) is 2.18. The lowest BCUT2D eigenvalue weighted by molar-refractivity contribution is -0.111. The molecule has 0 atom stereocenters. The van der Waals surface area contributed by atoms with Crippen molar-refractivity contribution in [1.29, 1.82) is 0 Å². The van der Waals surface area contributed by atoms with E-state index in [4.69, 9.17) is 16.3 Å². The van der Waals surface area contributed by atoms with Gasteiger partial charge in [0.25, 0.3) is 0 Å². The molecule has 0 unspecified atom stereocenters. The lowest BCUT2D eigenvalue weighted by Gasteiger charge is -2.18. The van der Waals surface area contributed by atoms with Crippen molar-refractivity contribution in [1.82, 2.24) is 0 Å². The number of rotatable bonds is 3. The van der Waals surface area contributed by atoms with Crippen molar-refractivity contribution in [2.24, 2.45) is 0 Å². The Labute approximate surface area is 88.8 Å². The highest BCUT2D eigenvalue weighted by Gasteiger charge is 2.20. The van der Waals surface area contributed by atoms with Crippen LogP contribution >= 0.6 is 11.6 Å². The van der Waals surface area contributed by atoms with Crippen molar-refractivity contribution < 1.29 is 9.53 Å². The molecule has 0 bridgehead atoms. The van der Waals surface area contributed by atoms with E-state index in [1.54, 1.807) is 19.2 Å². The highest BCUT2D eigenvalue weighted by Crippen LogP contribution is 2.30. The van der Waals surface area contributed by atoms with Gasteiger partial charge in [0.05, 0.1) is 12.1 Å². The standard InChI is InChI=1S/C11H13ClO2/c1-11(2,7-13)8-4-5-9(12)10(6-8)14-3/h4-7H,1-3H3. The molecule has 0 aliphatic rings. The molecule has 0 saturated heterocycles. The maximum atomic E-state index is 10.8. The molecule has 0 aromatic heterocycles. The van der Waals surface area contributed by atoms with E-state index in [0.29, 0.717) is 10.8 Å². The molecule has 0 saturated carbocycles. The van der Waals surface area contributed by atoms with Gasteiger partial charge in [-0.1, -0.05) is 17.7 Å². The normalized spacial score (nSPS) is 11.1. The quantitative estimate of drug-likeness (QED) is 0.721. The van der Waals surface area contributed by atoms with E-state index in [0.717, 1.165) is 11.8 Å². The van der Waals surface area contributed by atoms with Crippen LogP contribution in [0.2, 0.25) is 5.02 Å². The third-order valence-corrected chi connectivity index (χ3v) is 2.50. The third kappa shape index (κ3) is 2.07. The molecule has 1 aromatic rings. The van der Waals surface area contributed by atoms with Crippen molar-refractivity contribution in [3.63, 3.8) is 0 Å². The first-order valence-electron chi connectivity index (χ1n) is 4.31. The van der Waals surface area contributed by atoms with Gasteiger partial charge in [-0.3, -0.25) is 0 Å². The Morgan fingerprint density at radius 2 is 2.07 bits per heavy atom. The van der Waals surface area contributed by atoms with Crippen molar-refractivity contribution in [2.45, 2.75) is 19.3 Å². The molecule has 2 nitrogen and oxygen atoms in total. The molecule has 1 rings (SSSR count). The molecule has 1 aromatic carbocycles. The SMILES string of the molecule is COc1cc(C(C)(C)C=O)ccc1Cl. The van der Waals surface area contributed by atoms with Crippen LogP contribution in [-0.4, -0.2) is 13.4 Å². The number of halogens is 1. The van der Waals surface area contributed by atoms with Crippen LogP contribution in [0.25, 0.3) is 0 Å². The Balaban J connectivity index is 3.19. The smallest absolute Gasteiger partial charge is 0.137 e. The number of ether oxygens (including phenoxy) is 1. The summed E-state index contributed by atoms with van der Waals surface area (Å²) < 4.78 is 5.08. The van der Waals surface area contributed by atoms with Crippen molar-refractivity contribution in [3.05, 3.63) is 28.8 Å². The zero-order chi connectivity index (χ0) is 10.8. The van der Waals surface area contributed by atoms with Gasteiger partial charge in [0.15, 0.2) is 0 Å². The number of carbonyl (C=O) groups excluding carboxylic acids is 1. The zero-order valence-corrected chi connectivity index (χ0v) is 9.26. The van der Waals surface area contributed by atoms with Gasteiger partial charge in [-0.05, 0) is 31.5 Å². The Bertz CT molecular complexity index is 345. The lowest BCUT2D eigenvalue weighted by atomic mass is 9.86. The van der Waals surface area contributed by atoms with Crippen LogP contribution in [0.1, 0.15) is 19.4 Å². The van der Waals surface area contributed by atoms with Crippen LogP contribution in [-0.2, 0) is 10.2 Å². The summed E-state index contributed by atoms with van der Waals surface area (Å²) in [4.78, 5) is 10.8. The molecule has 0 amide bonds. The molecular weight excluding hydrogens is 200 g/mol.